The van der Waals surface area contributed by atoms with Gasteiger partial charge in [0.15, 0.2) is 5.96 Å². The molecular formula is C15H25N5S. The van der Waals surface area contributed by atoms with Gasteiger partial charge in [-0.05, 0) is 25.4 Å². The minimum Gasteiger partial charge on any atom is -0.340 e. The number of hydrogen-bond donors (Lipinski definition) is 2. The fourth-order valence-electron chi connectivity index (χ4n) is 2.28. The van der Waals surface area contributed by atoms with E-state index in [1.54, 1.807) is 11.8 Å². The largest absolute Gasteiger partial charge is 0.340 e. The maximum Gasteiger partial charge on any atom is 0.198 e. The van der Waals surface area contributed by atoms with Crippen LogP contribution in [0.25, 0.3) is 0 Å². The van der Waals surface area contributed by atoms with Crippen LogP contribution >= 0.6 is 11.8 Å². The number of para-hydroxylation sites is 1. The molecule has 1 aromatic carbocycles. The van der Waals surface area contributed by atoms with Crippen molar-refractivity contribution in [2.75, 3.05) is 57.9 Å². The van der Waals surface area contributed by atoms with Crippen molar-refractivity contribution in [2.24, 2.45) is 10.7 Å². The van der Waals surface area contributed by atoms with Crippen molar-refractivity contribution in [3.8, 4) is 0 Å². The Labute approximate surface area is 131 Å². The van der Waals surface area contributed by atoms with E-state index in [1.165, 1.54) is 4.90 Å². The van der Waals surface area contributed by atoms with Crippen molar-refractivity contribution in [2.45, 2.75) is 4.90 Å². The second kappa shape index (κ2) is 8.26. The van der Waals surface area contributed by atoms with Crippen molar-refractivity contribution in [1.29, 1.82) is 0 Å². The summed E-state index contributed by atoms with van der Waals surface area (Å²) in [6.45, 7) is 5.34. The first-order chi connectivity index (χ1) is 10.2. The third kappa shape index (κ3) is 4.62. The molecule has 6 heteroatoms. The van der Waals surface area contributed by atoms with E-state index >= 15 is 0 Å². The normalized spacial score (nSPS) is 17.1. The highest BCUT2D eigenvalue weighted by molar-refractivity contribution is 7.98. The van der Waals surface area contributed by atoms with Gasteiger partial charge >= 0.3 is 0 Å². The highest BCUT2D eigenvalue weighted by Gasteiger charge is 2.18. The number of benzene rings is 1. The number of rotatable bonds is 4. The highest BCUT2D eigenvalue weighted by atomic mass is 32.2. The maximum absolute atomic E-state index is 5.61. The quantitative estimate of drug-likeness (QED) is 0.500. The summed E-state index contributed by atoms with van der Waals surface area (Å²) in [6.07, 6.45) is 2.09. The van der Waals surface area contributed by atoms with Gasteiger partial charge in [-0.25, -0.2) is 0 Å². The van der Waals surface area contributed by atoms with Gasteiger partial charge in [0.2, 0.25) is 0 Å². The average molecular weight is 307 g/mol. The summed E-state index contributed by atoms with van der Waals surface area (Å²) in [5.74, 6) is 0.940. The fourth-order valence-corrected chi connectivity index (χ4v) is 2.83. The maximum atomic E-state index is 5.61. The highest BCUT2D eigenvalue weighted by Crippen LogP contribution is 2.25. The number of nitrogens with two attached hydrogens (primary N) is 1. The Balaban J connectivity index is 2.13. The molecule has 1 aliphatic heterocycles. The molecule has 0 atom stereocenters. The van der Waals surface area contributed by atoms with E-state index < -0.39 is 0 Å². The lowest BCUT2D eigenvalue weighted by molar-refractivity contribution is 0.215. The molecule has 116 valence electrons. The molecule has 21 heavy (non-hydrogen) atoms. The van der Waals surface area contributed by atoms with Gasteiger partial charge in [-0.1, -0.05) is 12.1 Å². The molecule has 1 aromatic rings. The molecule has 3 N–H and O–H groups in total. The molecule has 0 aliphatic carbocycles. The third-order valence-corrected chi connectivity index (χ3v) is 4.34. The predicted molar refractivity (Wildman–Crippen MR) is 92.3 cm³/mol. The molecule has 1 saturated heterocycles. The van der Waals surface area contributed by atoms with Crippen LogP contribution in [0.3, 0.4) is 0 Å². The molecule has 1 heterocycles. The Morgan fingerprint density at radius 3 is 2.67 bits per heavy atom. The van der Waals surface area contributed by atoms with Gasteiger partial charge in [-0.15, -0.1) is 11.8 Å². The lowest BCUT2D eigenvalue weighted by Gasteiger charge is -2.35. The summed E-state index contributed by atoms with van der Waals surface area (Å²) >= 11 is 1.74. The predicted octanol–water partition coefficient (Wildman–Crippen LogP) is 1.38. The standard InChI is InChI=1S/C15H25N5S/c1-19-9-11-20(12-10-19)15(17-8-7-16)18-13-5-3-4-6-14(13)21-2/h3-6H,7-12,16H2,1-2H3,(H,17,18). The number of nitrogens with zero attached hydrogens (tertiary/aromatic N) is 3. The number of aliphatic imine (C=N–C) groups is 1. The van der Waals surface area contributed by atoms with Gasteiger partial charge in [0, 0.05) is 37.6 Å². The van der Waals surface area contributed by atoms with E-state index in [4.69, 9.17) is 5.73 Å². The van der Waals surface area contributed by atoms with Crippen LogP contribution < -0.4 is 11.1 Å². The van der Waals surface area contributed by atoms with Crippen LogP contribution in [0.1, 0.15) is 0 Å². The number of anilines is 1. The molecule has 0 unspecified atom stereocenters. The summed E-state index contributed by atoms with van der Waals surface area (Å²) in [4.78, 5) is 10.5. The number of thioether (sulfide) groups is 1. The number of guanidine groups is 1. The van der Waals surface area contributed by atoms with Gasteiger partial charge in [0.25, 0.3) is 0 Å². The molecule has 1 aliphatic rings. The zero-order valence-corrected chi connectivity index (χ0v) is 13.7. The molecular weight excluding hydrogens is 282 g/mol. The topological polar surface area (TPSA) is 56.9 Å². The van der Waals surface area contributed by atoms with Crippen LogP contribution in [-0.4, -0.2) is 68.3 Å². The third-order valence-electron chi connectivity index (χ3n) is 3.55. The zero-order valence-electron chi connectivity index (χ0n) is 12.9. The molecule has 0 spiro atoms. The van der Waals surface area contributed by atoms with Gasteiger partial charge in [-0.2, -0.15) is 0 Å². The smallest absolute Gasteiger partial charge is 0.198 e. The second-order valence-corrected chi connectivity index (χ2v) is 5.96. The minimum absolute atomic E-state index is 0.573. The Bertz CT molecular complexity index is 469. The molecule has 0 saturated carbocycles. The summed E-state index contributed by atoms with van der Waals surface area (Å²) in [5.41, 5.74) is 6.72. The van der Waals surface area contributed by atoms with E-state index in [1.807, 2.05) is 6.07 Å². The Kier molecular flexibility index (Phi) is 6.35. The monoisotopic (exact) mass is 307 g/mol. The minimum atomic E-state index is 0.573. The van der Waals surface area contributed by atoms with Crippen LogP contribution in [0, 0.1) is 0 Å². The number of piperazine rings is 1. The summed E-state index contributed by atoms with van der Waals surface area (Å²) in [5, 5.41) is 3.50. The van der Waals surface area contributed by atoms with Gasteiger partial charge in [0.05, 0.1) is 12.2 Å². The SMILES string of the molecule is CSc1ccccc1NC(=NCCN)N1CCN(C)CC1. The molecule has 5 nitrogen and oxygen atoms in total. The second-order valence-electron chi connectivity index (χ2n) is 5.11. The van der Waals surface area contributed by atoms with Crippen LogP contribution in [0.5, 0.6) is 0 Å². The fraction of sp³-hybridized carbons (Fsp3) is 0.533. The molecule has 0 amide bonds. The number of nitrogens with one attached hydrogen (secondary N) is 1. The van der Waals surface area contributed by atoms with Crippen LogP contribution in [-0.2, 0) is 0 Å². The molecule has 2 rings (SSSR count). The van der Waals surface area contributed by atoms with Gasteiger partial charge < -0.3 is 20.9 Å². The first kappa shape index (κ1) is 16.1. The lowest BCUT2D eigenvalue weighted by Crippen LogP contribution is -2.49. The summed E-state index contributed by atoms with van der Waals surface area (Å²) < 4.78 is 0. The van der Waals surface area contributed by atoms with E-state index in [0.29, 0.717) is 13.1 Å². The summed E-state index contributed by atoms with van der Waals surface area (Å²) in [7, 11) is 2.16. The molecule has 0 radical (unpaired) electrons. The van der Waals surface area contributed by atoms with E-state index in [2.05, 4.69) is 51.6 Å². The molecule has 1 fully saturated rings. The van der Waals surface area contributed by atoms with Crippen molar-refractivity contribution in [3.05, 3.63) is 24.3 Å². The van der Waals surface area contributed by atoms with Crippen LogP contribution in [0.4, 0.5) is 5.69 Å². The van der Waals surface area contributed by atoms with Crippen molar-refractivity contribution in [1.82, 2.24) is 9.80 Å². The van der Waals surface area contributed by atoms with Gasteiger partial charge in [0.1, 0.15) is 0 Å². The van der Waals surface area contributed by atoms with Crippen LogP contribution in [0.2, 0.25) is 0 Å². The Hall–Kier alpha value is -1.24. The zero-order chi connectivity index (χ0) is 15.1. The molecule has 0 bridgehead atoms. The van der Waals surface area contributed by atoms with E-state index in [9.17, 15) is 0 Å². The van der Waals surface area contributed by atoms with Crippen molar-refractivity contribution < 1.29 is 0 Å². The number of likely N-dealkylation sites (N-methyl/N-ethyl adjacent to an activating group) is 1. The van der Waals surface area contributed by atoms with Crippen molar-refractivity contribution in [3.63, 3.8) is 0 Å². The first-order valence-corrected chi connectivity index (χ1v) is 8.55. The average Bonchev–Trinajstić information content (AvgIpc) is 2.52. The summed E-state index contributed by atoms with van der Waals surface area (Å²) in [6, 6.07) is 8.33. The first-order valence-electron chi connectivity index (χ1n) is 7.32. The Morgan fingerprint density at radius 2 is 2.00 bits per heavy atom. The van der Waals surface area contributed by atoms with Gasteiger partial charge in [-0.3, -0.25) is 4.99 Å². The lowest BCUT2D eigenvalue weighted by atomic mass is 10.3. The number of hydrogen-bond acceptors (Lipinski definition) is 4. The van der Waals surface area contributed by atoms with E-state index in [0.717, 1.165) is 37.8 Å². The van der Waals surface area contributed by atoms with E-state index in [-0.39, 0.29) is 0 Å². The molecule has 0 aromatic heterocycles. The van der Waals surface area contributed by atoms with Crippen molar-refractivity contribution >= 4 is 23.4 Å². The Morgan fingerprint density at radius 1 is 1.29 bits per heavy atom. The van der Waals surface area contributed by atoms with Crippen LogP contribution in [0.15, 0.2) is 34.2 Å².